The molecule has 2 heterocycles. The number of hydrogen-bond donors (Lipinski definition) is 0. The van der Waals surface area contributed by atoms with Gasteiger partial charge >= 0.3 is 0 Å². The molecule has 0 saturated heterocycles. The third-order valence-corrected chi connectivity index (χ3v) is 4.30. The molecule has 0 radical (unpaired) electrons. The second kappa shape index (κ2) is 6.32. The number of nitriles is 1. The van der Waals surface area contributed by atoms with Gasteiger partial charge in [-0.05, 0) is 50.1 Å². The van der Waals surface area contributed by atoms with Crippen LogP contribution in [-0.2, 0) is 13.2 Å². The zero-order valence-electron chi connectivity index (χ0n) is 13.9. The van der Waals surface area contributed by atoms with E-state index in [9.17, 15) is 9.65 Å². The molecular formula is C19H18FN3O. The van der Waals surface area contributed by atoms with Crippen molar-refractivity contribution in [1.82, 2.24) is 9.55 Å². The van der Waals surface area contributed by atoms with Crippen molar-refractivity contribution in [3.63, 3.8) is 0 Å². The van der Waals surface area contributed by atoms with Gasteiger partial charge in [-0.2, -0.15) is 5.26 Å². The smallest absolute Gasteiger partial charge is 0.240 e. The Morgan fingerprint density at radius 3 is 2.58 bits per heavy atom. The van der Waals surface area contributed by atoms with E-state index in [4.69, 9.17) is 4.74 Å². The van der Waals surface area contributed by atoms with Crippen LogP contribution in [0.4, 0.5) is 4.39 Å². The fourth-order valence-corrected chi connectivity index (χ4v) is 2.91. The topological polar surface area (TPSA) is 50.8 Å². The minimum absolute atomic E-state index is 0.268. The maximum atomic E-state index is 13.0. The third kappa shape index (κ3) is 2.71. The Hall–Kier alpha value is -2.87. The average Bonchev–Trinajstić information content (AvgIpc) is 2.85. The predicted octanol–water partition coefficient (Wildman–Crippen LogP) is 4.26. The molecule has 0 aliphatic carbocycles. The van der Waals surface area contributed by atoms with E-state index in [1.165, 1.54) is 12.1 Å². The van der Waals surface area contributed by atoms with Gasteiger partial charge in [-0.3, -0.25) is 0 Å². The first-order valence-corrected chi connectivity index (χ1v) is 7.83. The Morgan fingerprint density at radius 2 is 1.96 bits per heavy atom. The number of pyridine rings is 1. The molecule has 0 aliphatic rings. The zero-order valence-corrected chi connectivity index (χ0v) is 13.9. The first-order valence-electron chi connectivity index (χ1n) is 7.83. The summed E-state index contributed by atoms with van der Waals surface area (Å²) in [4.78, 5) is 4.34. The number of hydrogen-bond acceptors (Lipinski definition) is 3. The van der Waals surface area contributed by atoms with Crippen LogP contribution in [0.25, 0.3) is 10.9 Å². The Balaban J connectivity index is 2.07. The first-order chi connectivity index (χ1) is 11.5. The molecule has 122 valence electrons. The molecule has 0 fully saturated rings. The van der Waals surface area contributed by atoms with Gasteiger partial charge < -0.3 is 9.30 Å². The molecule has 4 nitrogen and oxygen atoms in total. The van der Waals surface area contributed by atoms with Crippen LogP contribution in [0.5, 0.6) is 5.88 Å². The van der Waals surface area contributed by atoms with E-state index in [1.54, 1.807) is 18.2 Å². The lowest BCUT2D eigenvalue weighted by Crippen LogP contribution is -2.03. The molecule has 24 heavy (non-hydrogen) atoms. The number of aromatic nitrogens is 2. The van der Waals surface area contributed by atoms with Gasteiger partial charge in [-0.1, -0.05) is 12.1 Å². The summed E-state index contributed by atoms with van der Waals surface area (Å²) in [5.74, 6) is 0.156. The van der Waals surface area contributed by atoms with E-state index in [2.05, 4.69) is 29.5 Å². The number of benzene rings is 1. The molecule has 3 rings (SSSR count). The van der Waals surface area contributed by atoms with Gasteiger partial charge in [0.25, 0.3) is 0 Å². The van der Waals surface area contributed by atoms with E-state index in [-0.39, 0.29) is 12.4 Å². The van der Waals surface area contributed by atoms with E-state index >= 15 is 0 Å². The molecule has 0 N–H and O–H groups in total. The quantitative estimate of drug-likeness (QED) is 0.721. The zero-order chi connectivity index (χ0) is 17.3. The van der Waals surface area contributed by atoms with E-state index in [0.717, 1.165) is 34.3 Å². The second-order valence-electron chi connectivity index (χ2n) is 5.69. The highest BCUT2D eigenvalue weighted by Crippen LogP contribution is 2.32. The Labute approximate surface area is 140 Å². The minimum Gasteiger partial charge on any atom is -0.471 e. The van der Waals surface area contributed by atoms with Gasteiger partial charge in [-0.25, -0.2) is 9.37 Å². The molecule has 5 heteroatoms. The van der Waals surface area contributed by atoms with Crippen molar-refractivity contribution in [2.75, 3.05) is 0 Å². The maximum absolute atomic E-state index is 13.0. The highest BCUT2D eigenvalue weighted by atomic mass is 19.1. The van der Waals surface area contributed by atoms with Gasteiger partial charge in [-0.15, -0.1) is 0 Å². The largest absolute Gasteiger partial charge is 0.471 e. The molecule has 2 aromatic heterocycles. The number of aryl methyl sites for hydroxylation is 2. The molecule has 0 spiro atoms. The molecular weight excluding hydrogens is 305 g/mol. The average molecular weight is 323 g/mol. The fourth-order valence-electron chi connectivity index (χ4n) is 2.91. The van der Waals surface area contributed by atoms with Gasteiger partial charge in [0.05, 0.1) is 0 Å². The number of ether oxygens (including phenoxy) is 1. The van der Waals surface area contributed by atoms with E-state index in [0.29, 0.717) is 11.6 Å². The van der Waals surface area contributed by atoms with Crippen molar-refractivity contribution in [2.24, 2.45) is 0 Å². The van der Waals surface area contributed by atoms with Crippen LogP contribution in [0.1, 0.15) is 29.4 Å². The fraction of sp³-hybridized carbons (Fsp3) is 0.263. The summed E-state index contributed by atoms with van der Waals surface area (Å²) in [5.41, 5.74) is 4.33. The lowest BCUT2D eigenvalue weighted by atomic mass is 10.1. The van der Waals surface area contributed by atoms with Crippen molar-refractivity contribution in [1.29, 1.82) is 5.26 Å². The molecule has 3 aromatic rings. The van der Waals surface area contributed by atoms with Crippen molar-refractivity contribution < 1.29 is 9.13 Å². The van der Waals surface area contributed by atoms with Crippen molar-refractivity contribution >= 4 is 10.9 Å². The number of rotatable bonds is 4. The molecule has 0 saturated carbocycles. The van der Waals surface area contributed by atoms with Crippen LogP contribution in [0, 0.1) is 31.0 Å². The van der Waals surface area contributed by atoms with Crippen LogP contribution in [-0.4, -0.2) is 9.55 Å². The van der Waals surface area contributed by atoms with Crippen molar-refractivity contribution in [3.8, 4) is 11.9 Å². The molecule has 0 unspecified atom stereocenters. The van der Waals surface area contributed by atoms with Gasteiger partial charge in [0.15, 0.2) is 0 Å². The summed E-state index contributed by atoms with van der Waals surface area (Å²) in [6.07, 6.45) is 0. The summed E-state index contributed by atoms with van der Waals surface area (Å²) in [6.45, 7) is 7.21. The summed E-state index contributed by atoms with van der Waals surface area (Å²) in [7, 11) is 0. The normalized spacial score (nSPS) is 10.8. The Kier molecular flexibility index (Phi) is 4.22. The van der Waals surface area contributed by atoms with Gasteiger partial charge in [0.1, 0.15) is 29.7 Å². The molecule has 0 amide bonds. The SMILES string of the molecule is CCn1c(C)c(C)c2cc(C#N)nc(OCc3ccc(F)cc3)c21. The third-order valence-electron chi connectivity index (χ3n) is 4.30. The number of halogens is 1. The lowest BCUT2D eigenvalue weighted by Gasteiger charge is -2.10. The lowest BCUT2D eigenvalue weighted by molar-refractivity contribution is 0.296. The summed E-state index contributed by atoms with van der Waals surface area (Å²) in [6, 6.07) is 10.0. The van der Waals surface area contributed by atoms with Crippen molar-refractivity contribution in [2.45, 2.75) is 33.9 Å². The highest BCUT2D eigenvalue weighted by molar-refractivity contribution is 5.89. The highest BCUT2D eigenvalue weighted by Gasteiger charge is 2.17. The standard InChI is InChI=1S/C19H18FN3O/c1-4-23-13(3)12(2)17-9-16(10-21)22-19(18(17)23)24-11-14-5-7-15(20)8-6-14/h5-9H,4,11H2,1-3H3. The van der Waals surface area contributed by atoms with Crippen LogP contribution in [0.2, 0.25) is 0 Å². The van der Waals surface area contributed by atoms with Gasteiger partial charge in [0, 0.05) is 17.6 Å². The molecule has 0 aliphatic heterocycles. The number of fused-ring (bicyclic) bond motifs is 1. The van der Waals surface area contributed by atoms with Crippen LogP contribution in [0.15, 0.2) is 30.3 Å². The maximum Gasteiger partial charge on any atom is 0.240 e. The summed E-state index contributed by atoms with van der Waals surface area (Å²) < 4.78 is 21.0. The molecule has 0 atom stereocenters. The van der Waals surface area contributed by atoms with Crippen LogP contribution in [0.3, 0.4) is 0 Å². The Bertz CT molecular complexity index is 936. The van der Waals surface area contributed by atoms with Crippen molar-refractivity contribution in [3.05, 3.63) is 58.7 Å². The van der Waals surface area contributed by atoms with E-state index < -0.39 is 0 Å². The predicted molar refractivity (Wildman–Crippen MR) is 90.3 cm³/mol. The van der Waals surface area contributed by atoms with Crippen LogP contribution >= 0.6 is 0 Å². The van der Waals surface area contributed by atoms with E-state index in [1.807, 2.05) is 6.92 Å². The molecule has 0 bridgehead atoms. The minimum atomic E-state index is -0.281. The monoisotopic (exact) mass is 323 g/mol. The Morgan fingerprint density at radius 1 is 1.25 bits per heavy atom. The summed E-state index contributed by atoms with van der Waals surface area (Å²) in [5, 5.41) is 10.2. The first kappa shape index (κ1) is 16.0. The summed E-state index contributed by atoms with van der Waals surface area (Å²) >= 11 is 0. The van der Waals surface area contributed by atoms with Gasteiger partial charge in [0.2, 0.25) is 5.88 Å². The number of nitrogens with zero attached hydrogens (tertiary/aromatic N) is 3. The second-order valence-corrected chi connectivity index (χ2v) is 5.69. The molecule has 1 aromatic carbocycles. The van der Waals surface area contributed by atoms with Crippen LogP contribution < -0.4 is 4.74 Å².